The summed E-state index contributed by atoms with van der Waals surface area (Å²) in [4.78, 5) is 25.6. The summed E-state index contributed by atoms with van der Waals surface area (Å²) < 4.78 is 7.84. The van der Waals surface area contributed by atoms with Crippen molar-refractivity contribution in [2.75, 3.05) is 56.9 Å². The molecule has 2 N–H and O–H groups in total. The predicted octanol–water partition coefficient (Wildman–Crippen LogP) is 4.58. The van der Waals surface area contributed by atoms with Crippen LogP contribution in [0, 0.1) is 6.92 Å². The Bertz CT molecular complexity index is 1430. The van der Waals surface area contributed by atoms with E-state index in [1.165, 1.54) is 6.08 Å². The number of hydrogen-bond donors (Lipinski definition) is 2. The number of nitrogens with zero attached hydrogens (tertiary/aromatic N) is 5. The molecular weight excluding hydrogens is 466 g/mol. The predicted molar refractivity (Wildman–Crippen MR) is 150 cm³/mol. The lowest BCUT2D eigenvalue weighted by Crippen LogP contribution is -2.29. The van der Waals surface area contributed by atoms with Crippen LogP contribution in [0.2, 0.25) is 0 Å². The summed E-state index contributed by atoms with van der Waals surface area (Å²) in [6.07, 6.45) is 5.01. The van der Waals surface area contributed by atoms with Gasteiger partial charge in [-0.05, 0) is 57.4 Å². The van der Waals surface area contributed by atoms with Crippen molar-refractivity contribution in [3.8, 4) is 17.0 Å². The number of likely N-dealkylation sites (N-methyl/N-ethyl adjacent to an activating group) is 2. The van der Waals surface area contributed by atoms with E-state index in [1.807, 2.05) is 57.7 Å². The molecule has 0 radical (unpaired) electrons. The Morgan fingerprint density at radius 3 is 2.68 bits per heavy atom. The molecule has 1 aromatic carbocycles. The summed E-state index contributed by atoms with van der Waals surface area (Å²) in [5.41, 5.74) is 6.09. The zero-order valence-electron chi connectivity index (χ0n) is 21.9. The molecule has 0 fully saturated rings. The molecule has 4 rings (SSSR count). The maximum atomic E-state index is 12.2. The summed E-state index contributed by atoms with van der Waals surface area (Å²) in [7, 11) is 7.63. The summed E-state index contributed by atoms with van der Waals surface area (Å²) in [5, 5.41) is 6.19. The molecule has 37 heavy (non-hydrogen) atoms. The lowest BCUT2D eigenvalue weighted by molar-refractivity contribution is -0.111. The van der Waals surface area contributed by atoms with Gasteiger partial charge in [0.1, 0.15) is 5.75 Å². The van der Waals surface area contributed by atoms with Gasteiger partial charge in [0, 0.05) is 49.9 Å². The molecule has 0 saturated heterocycles. The van der Waals surface area contributed by atoms with Gasteiger partial charge < -0.3 is 29.6 Å². The Morgan fingerprint density at radius 1 is 1.14 bits per heavy atom. The van der Waals surface area contributed by atoms with Gasteiger partial charge in [-0.25, -0.2) is 9.97 Å². The van der Waals surface area contributed by atoms with E-state index < -0.39 is 0 Å². The maximum absolute atomic E-state index is 12.2. The molecule has 3 heterocycles. The summed E-state index contributed by atoms with van der Waals surface area (Å²) in [6.45, 7) is 7.26. The van der Waals surface area contributed by atoms with Crippen LogP contribution < -0.4 is 20.3 Å². The Kier molecular flexibility index (Phi) is 7.74. The first-order chi connectivity index (χ1) is 17.8. The van der Waals surface area contributed by atoms with Gasteiger partial charge in [0.2, 0.25) is 11.9 Å². The fraction of sp³-hybridized carbons (Fsp3) is 0.250. The summed E-state index contributed by atoms with van der Waals surface area (Å²) in [5.74, 6) is 0.716. The van der Waals surface area contributed by atoms with E-state index in [-0.39, 0.29) is 5.91 Å². The highest BCUT2D eigenvalue weighted by Gasteiger charge is 2.17. The van der Waals surface area contributed by atoms with Crippen LogP contribution in [-0.2, 0) is 4.79 Å². The second kappa shape index (κ2) is 11.1. The first kappa shape index (κ1) is 25.7. The second-order valence-electron chi connectivity index (χ2n) is 9.03. The van der Waals surface area contributed by atoms with Crippen LogP contribution in [0.5, 0.6) is 5.75 Å². The van der Waals surface area contributed by atoms with E-state index in [0.29, 0.717) is 23.1 Å². The first-order valence-electron chi connectivity index (χ1n) is 12.0. The zero-order valence-corrected chi connectivity index (χ0v) is 21.9. The third-order valence-electron chi connectivity index (χ3n) is 6.10. The first-order valence-corrected chi connectivity index (χ1v) is 12.0. The molecule has 192 valence electrons. The van der Waals surface area contributed by atoms with E-state index in [9.17, 15) is 4.79 Å². The van der Waals surface area contributed by atoms with Crippen molar-refractivity contribution < 1.29 is 9.53 Å². The minimum atomic E-state index is -0.299. The third-order valence-corrected chi connectivity index (χ3v) is 6.10. The zero-order chi connectivity index (χ0) is 26.5. The smallest absolute Gasteiger partial charge is 0.247 e. The fourth-order valence-electron chi connectivity index (χ4n) is 4.12. The number of nitrogens with one attached hydrogen (secondary N) is 2. The summed E-state index contributed by atoms with van der Waals surface area (Å²) in [6, 6.07) is 13.8. The van der Waals surface area contributed by atoms with Crippen LogP contribution in [0.4, 0.5) is 23.0 Å². The molecule has 9 heteroatoms. The summed E-state index contributed by atoms with van der Waals surface area (Å²) >= 11 is 0. The van der Waals surface area contributed by atoms with Gasteiger partial charge in [-0.2, -0.15) is 0 Å². The number of methoxy groups -OCH3 is 1. The fourth-order valence-corrected chi connectivity index (χ4v) is 4.12. The number of pyridine rings is 1. The van der Waals surface area contributed by atoms with Gasteiger partial charge in [-0.3, -0.25) is 4.79 Å². The monoisotopic (exact) mass is 499 g/mol. The number of aromatic nitrogens is 3. The van der Waals surface area contributed by atoms with Gasteiger partial charge in [0.05, 0.1) is 35.4 Å². The Labute approximate surface area is 217 Å². The quantitative estimate of drug-likeness (QED) is 0.309. The number of rotatable bonds is 10. The number of amides is 1. The molecule has 0 spiro atoms. The molecular formula is C28H33N7O2. The Balaban J connectivity index is 1.71. The maximum Gasteiger partial charge on any atom is 0.247 e. The van der Waals surface area contributed by atoms with Crippen molar-refractivity contribution in [1.82, 2.24) is 19.3 Å². The minimum Gasteiger partial charge on any atom is -0.494 e. The highest BCUT2D eigenvalue weighted by molar-refractivity contribution is 6.02. The van der Waals surface area contributed by atoms with E-state index in [1.54, 1.807) is 13.3 Å². The molecule has 0 atom stereocenters. The molecule has 9 nitrogen and oxygen atoms in total. The van der Waals surface area contributed by atoms with Crippen LogP contribution in [0.1, 0.15) is 5.69 Å². The molecule has 0 saturated carbocycles. The Hall–Kier alpha value is -4.37. The molecule has 0 aliphatic rings. The topological polar surface area (TPSA) is 87.0 Å². The second-order valence-corrected chi connectivity index (χ2v) is 9.03. The molecule has 0 aliphatic heterocycles. The van der Waals surface area contributed by atoms with Gasteiger partial charge in [-0.15, -0.1) is 0 Å². The average molecular weight is 500 g/mol. The number of hydrogen-bond acceptors (Lipinski definition) is 7. The number of fused-ring (bicyclic) bond motifs is 1. The van der Waals surface area contributed by atoms with E-state index in [2.05, 4.69) is 55.5 Å². The number of carbonyl (C=O) groups is 1. The average Bonchev–Trinajstić information content (AvgIpc) is 3.24. The van der Waals surface area contributed by atoms with Crippen LogP contribution >= 0.6 is 0 Å². The van der Waals surface area contributed by atoms with Crippen molar-refractivity contribution in [3.63, 3.8) is 0 Å². The van der Waals surface area contributed by atoms with Crippen LogP contribution in [0.25, 0.3) is 16.8 Å². The van der Waals surface area contributed by atoms with Crippen LogP contribution in [0.3, 0.4) is 0 Å². The van der Waals surface area contributed by atoms with Crippen molar-refractivity contribution in [1.29, 1.82) is 0 Å². The lowest BCUT2D eigenvalue weighted by Gasteiger charge is -2.26. The van der Waals surface area contributed by atoms with Gasteiger partial charge in [0.25, 0.3) is 0 Å². The van der Waals surface area contributed by atoms with E-state index in [0.717, 1.165) is 41.2 Å². The molecule has 1 amide bonds. The van der Waals surface area contributed by atoms with Gasteiger partial charge in [0.15, 0.2) is 0 Å². The highest BCUT2D eigenvalue weighted by Crippen LogP contribution is 2.38. The normalized spacial score (nSPS) is 11.0. The number of benzene rings is 1. The third kappa shape index (κ3) is 5.73. The van der Waals surface area contributed by atoms with Crippen LogP contribution in [-0.4, -0.2) is 66.5 Å². The minimum absolute atomic E-state index is 0.299. The molecule has 3 aromatic heterocycles. The van der Waals surface area contributed by atoms with Crippen molar-refractivity contribution >= 4 is 34.4 Å². The Morgan fingerprint density at radius 2 is 1.95 bits per heavy atom. The number of aryl methyl sites for hydroxylation is 1. The molecule has 4 aromatic rings. The van der Waals surface area contributed by atoms with E-state index >= 15 is 0 Å². The van der Waals surface area contributed by atoms with Gasteiger partial charge in [-0.1, -0.05) is 12.6 Å². The standard InChI is InChI=1S/C28H33N7O2/c1-7-27(36)30-22-17-23(26(37-6)18-25(22)34(5)15-14-33(3)4)32-28-29-12-11-21(31-28)20-16-19(2)35-13-9-8-10-24(20)35/h7-13,16-18H,1,14-15H2,2-6H3,(H,30,36)(H,29,31,32). The van der Waals surface area contributed by atoms with E-state index in [4.69, 9.17) is 9.72 Å². The van der Waals surface area contributed by atoms with Crippen molar-refractivity contribution in [2.24, 2.45) is 0 Å². The highest BCUT2D eigenvalue weighted by atomic mass is 16.5. The van der Waals surface area contributed by atoms with Crippen LogP contribution in [0.15, 0.2) is 67.5 Å². The van der Waals surface area contributed by atoms with Crippen molar-refractivity contribution in [3.05, 3.63) is 73.2 Å². The van der Waals surface area contributed by atoms with Gasteiger partial charge >= 0.3 is 0 Å². The largest absolute Gasteiger partial charge is 0.494 e. The lowest BCUT2D eigenvalue weighted by atomic mass is 10.2. The number of ether oxygens (including phenoxy) is 1. The number of anilines is 4. The molecule has 0 aliphatic carbocycles. The van der Waals surface area contributed by atoms with Crippen molar-refractivity contribution in [2.45, 2.75) is 6.92 Å². The SMILES string of the molecule is C=CC(=O)Nc1cc(Nc2nccc(-c3cc(C)n4ccccc34)n2)c(OC)cc1N(C)CCN(C)C. The number of carbonyl (C=O) groups excluding carboxylic acids is 1. The molecule has 0 unspecified atom stereocenters. The molecule has 0 bridgehead atoms.